The summed E-state index contributed by atoms with van der Waals surface area (Å²) in [4.78, 5) is 13.8. The highest BCUT2D eigenvalue weighted by Gasteiger charge is 2.62. The van der Waals surface area contributed by atoms with Crippen LogP contribution in [0.2, 0.25) is 0 Å². The molecule has 2 atom stereocenters. The van der Waals surface area contributed by atoms with Gasteiger partial charge in [0, 0.05) is 6.42 Å². The number of hydrogen-bond acceptors (Lipinski definition) is 4. The zero-order chi connectivity index (χ0) is 23.7. The predicted octanol–water partition coefficient (Wildman–Crippen LogP) is 4.36. The Morgan fingerprint density at radius 2 is 1.55 bits per heavy atom. The van der Waals surface area contributed by atoms with Gasteiger partial charge in [0.1, 0.15) is 0 Å². The van der Waals surface area contributed by atoms with Crippen LogP contribution in [-0.2, 0) is 26.8 Å². The molecule has 1 amide bonds. The third-order valence-corrected chi connectivity index (χ3v) is 8.26. The van der Waals surface area contributed by atoms with Crippen LogP contribution in [0.5, 0.6) is 0 Å². The van der Waals surface area contributed by atoms with Gasteiger partial charge in [-0.25, -0.2) is 12.7 Å². The van der Waals surface area contributed by atoms with E-state index in [1.165, 1.54) is 18.2 Å². The highest BCUT2D eigenvalue weighted by molar-refractivity contribution is 7.89. The van der Waals surface area contributed by atoms with Crippen LogP contribution >= 0.6 is 0 Å². The summed E-state index contributed by atoms with van der Waals surface area (Å²) in [5, 5.41) is 11.6. The molecule has 170 valence electrons. The van der Waals surface area contributed by atoms with Crippen molar-refractivity contribution in [3.05, 3.63) is 114 Å². The van der Waals surface area contributed by atoms with E-state index in [1.54, 1.807) is 42.5 Å². The van der Waals surface area contributed by atoms with Gasteiger partial charge in [0.2, 0.25) is 0 Å². The molecule has 0 spiro atoms. The van der Waals surface area contributed by atoms with Crippen LogP contribution < -0.4 is 0 Å². The summed E-state index contributed by atoms with van der Waals surface area (Å²) in [7, 11) is -4.26. The number of aliphatic hydroxyl groups is 1. The molecule has 1 heterocycles. The molecular weight excluding hydrogens is 434 g/mol. The van der Waals surface area contributed by atoms with Crippen molar-refractivity contribution in [1.82, 2.24) is 4.31 Å². The Hall–Kier alpha value is -3.22. The first-order chi connectivity index (χ1) is 15.7. The van der Waals surface area contributed by atoms with Crippen LogP contribution in [0.4, 0.5) is 0 Å². The maximum atomic E-state index is 13.8. The number of nitrogens with zero attached hydrogens (tertiary/aromatic N) is 1. The Morgan fingerprint density at radius 1 is 0.970 bits per heavy atom. The van der Waals surface area contributed by atoms with Crippen LogP contribution in [0.1, 0.15) is 29.5 Å². The van der Waals surface area contributed by atoms with Crippen LogP contribution in [0.3, 0.4) is 0 Å². The van der Waals surface area contributed by atoms with Crippen LogP contribution in [0, 0.1) is 6.92 Å². The van der Waals surface area contributed by atoms with Crippen molar-refractivity contribution < 1.29 is 18.3 Å². The van der Waals surface area contributed by atoms with E-state index >= 15 is 0 Å². The highest BCUT2D eigenvalue weighted by atomic mass is 32.2. The van der Waals surface area contributed by atoms with E-state index in [9.17, 15) is 18.3 Å². The number of sulfonamides is 1. The van der Waals surface area contributed by atoms with Gasteiger partial charge in [-0.05, 0) is 43.0 Å². The topological polar surface area (TPSA) is 74.7 Å². The van der Waals surface area contributed by atoms with Gasteiger partial charge in [-0.15, -0.1) is 6.58 Å². The summed E-state index contributed by atoms with van der Waals surface area (Å²) in [5.41, 5.74) is -0.997. The normalized spacial score (nSPS) is 23.0. The molecule has 5 nitrogen and oxygen atoms in total. The lowest BCUT2D eigenvalue weighted by atomic mass is 9.82. The van der Waals surface area contributed by atoms with Gasteiger partial charge in [-0.3, -0.25) is 4.79 Å². The molecule has 1 aliphatic heterocycles. The van der Waals surface area contributed by atoms with Crippen molar-refractivity contribution in [2.45, 2.75) is 42.2 Å². The lowest BCUT2D eigenvalue weighted by Gasteiger charge is -2.34. The summed E-state index contributed by atoms with van der Waals surface area (Å²) in [6.07, 6.45) is 2.21. The molecule has 4 rings (SSSR count). The van der Waals surface area contributed by atoms with E-state index in [1.807, 2.05) is 37.3 Å². The molecule has 3 aromatic rings. The van der Waals surface area contributed by atoms with Crippen molar-refractivity contribution in [3.63, 3.8) is 0 Å². The smallest absolute Gasteiger partial charge is 0.273 e. The first-order valence-electron chi connectivity index (χ1n) is 10.8. The lowest BCUT2D eigenvalue weighted by Crippen LogP contribution is -2.49. The van der Waals surface area contributed by atoms with Gasteiger partial charge in [0.05, 0.1) is 10.4 Å². The number of amides is 1. The second-order valence-corrected chi connectivity index (χ2v) is 10.4. The van der Waals surface area contributed by atoms with Crippen LogP contribution in [0.15, 0.2) is 102 Å². The Morgan fingerprint density at radius 3 is 2.12 bits per heavy atom. The molecule has 0 aromatic heterocycles. The second kappa shape index (κ2) is 8.61. The minimum Gasteiger partial charge on any atom is -0.375 e. The quantitative estimate of drug-likeness (QED) is 0.531. The third kappa shape index (κ3) is 4.01. The monoisotopic (exact) mass is 461 g/mol. The number of hydrogen-bond donors (Lipinski definition) is 1. The van der Waals surface area contributed by atoms with Gasteiger partial charge < -0.3 is 5.11 Å². The van der Waals surface area contributed by atoms with E-state index in [4.69, 9.17) is 0 Å². The fourth-order valence-corrected chi connectivity index (χ4v) is 6.29. The SMILES string of the molecule is C=C[C@@]1(CCc2ccccc2)C[C@](O)(c2ccccc2)C(=O)N1S(=O)(=O)c1ccc(C)cc1. The van der Waals surface area contributed by atoms with E-state index < -0.39 is 27.1 Å². The molecule has 0 aliphatic carbocycles. The average molecular weight is 462 g/mol. The molecule has 0 unspecified atom stereocenters. The minimum atomic E-state index is -4.26. The zero-order valence-electron chi connectivity index (χ0n) is 18.5. The van der Waals surface area contributed by atoms with Crippen molar-refractivity contribution in [2.75, 3.05) is 0 Å². The van der Waals surface area contributed by atoms with Gasteiger partial charge >= 0.3 is 0 Å². The van der Waals surface area contributed by atoms with E-state index in [2.05, 4.69) is 6.58 Å². The summed E-state index contributed by atoms with van der Waals surface area (Å²) in [6.45, 7) is 5.78. The molecule has 1 fully saturated rings. The average Bonchev–Trinajstić information content (AvgIpc) is 3.08. The van der Waals surface area contributed by atoms with Crippen molar-refractivity contribution in [3.8, 4) is 0 Å². The maximum Gasteiger partial charge on any atom is 0.273 e. The van der Waals surface area contributed by atoms with Gasteiger partial charge in [-0.2, -0.15) is 0 Å². The zero-order valence-corrected chi connectivity index (χ0v) is 19.3. The molecule has 1 saturated heterocycles. The lowest BCUT2D eigenvalue weighted by molar-refractivity contribution is -0.140. The second-order valence-electron chi connectivity index (χ2n) is 8.58. The fourth-order valence-electron chi connectivity index (χ4n) is 4.52. The third-order valence-electron chi connectivity index (χ3n) is 6.38. The highest BCUT2D eigenvalue weighted by Crippen LogP contribution is 2.48. The molecule has 3 aromatic carbocycles. The summed E-state index contributed by atoms with van der Waals surface area (Å²) in [5.74, 6) is -0.859. The standard InChI is InChI=1S/C27H27NO4S/c1-3-26(19-18-22-10-6-4-7-11-22)20-27(30,23-12-8-5-9-13-23)25(29)28(26)33(31,32)24-16-14-21(2)15-17-24/h3-17,30H,1,18-20H2,2H3/t26-,27+/m1/s1. The summed E-state index contributed by atoms with van der Waals surface area (Å²) >= 11 is 0. The number of carbonyl (C=O) groups excluding carboxylic acids is 1. The minimum absolute atomic E-state index is 0.00435. The van der Waals surface area contributed by atoms with Crippen molar-refractivity contribution in [1.29, 1.82) is 0 Å². The van der Waals surface area contributed by atoms with E-state index in [0.29, 0.717) is 18.4 Å². The summed E-state index contributed by atoms with van der Waals surface area (Å²) in [6, 6.07) is 24.5. The number of carbonyl (C=O) groups is 1. The molecular formula is C27H27NO4S. The Labute approximate surface area is 195 Å². The van der Waals surface area contributed by atoms with Crippen LogP contribution in [-0.4, -0.2) is 29.3 Å². The Kier molecular flexibility index (Phi) is 5.99. The van der Waals surface area contributed by atoms with E-state index in [0.717, 1.165) is 15.4 Å². The number of rotatable bonds is 7. The van der Waals surface area contributed by atoms with Crippen molar-refractivity contribution in [2.24, 2.45) is 0 Å². The van der Waals surface area contributed by atoms with Crippen LogP contribution in [0.25, 0.3) is 0 Å². The first kappa shape index (κ1) is 23.0. The van der Waals surface area contributed by atoms with Gasteiger partial charge in [0.15, 0.2) is 5.60 Å². The number of benzene rings is 3. The predicted molar refractivity (Wildman–Crippen MR) is 128 cm³/mol. The summed E-state index contributed by atoms with van der Waals surface area (Å²) < 4.78 is 28.5. The molecule has 0 radical (unpaired) electrons. The largest absolute Gasteiger partial charge is 0.375 e. The van der Waals surface area contributed by atoms with E-state index in [-0.39, 0.29) is 11.3 Å². The molecule has 1 N–H and O–H groups in total. The molecule has 0 bridgehead atoms. The first-order valence-corrected chi connectivity index (χ1v) is 12.3. The fraction of sp³-hybridized carbons (Fsp3) is 0.222. The molecule has 0 saturated carbocycles. The molecule has 33 heavy (non-hydrogen) atoms. The van der Waals surface area contributed by atoms with Gasteiger partial charge in [0.25, 0.3) is 15.9 Å². The number of aryl methyl sites for hydroxylation is 2. The molecule has 1 aliphatic rings. The Balaban J connectivity index is 1.84. The Bertz CT molecular complexity index is 1260. The maximum absolute atomic E-state index is 13.8. The van der Waals surface area contributed by atoms with Crippen molar-refractivity contribution >= 4 is 15.9 Å². The van der Waals surface area contributed by atoms with Gasteiger partial charge in [-0.1, -0.05) is 84.4 Å². The molecule has 6 heteroatoms.